The lowest BCUT2D eigenvalue weighted by molar-refractivity contribution is 0.0693. The van der Waals surface area contributed by atoms with Crippen LogP contribution in [0, 0.1) is 17.6 Å². The molecule has 0 bridgehead atoms. The molecule has 1 aliphatic heterocycles. The minimum atomic E-state index is -4.21. The predicted octanol–water partition coefficient (Wildman–Crippen LogP) is 3.65. The number of nitrogens with zero attached hydrogens (tertiary/aromatic N) is 1. The second-order valence-electron chi connectivity index (χ2n) is 7.07. The Morgan fingerprint density at radius 2 is 1.83 bits per heavy atom. The van der Waals surface area contributed by atoms with E-state index in [9.17, 15) is 22.0 Å². The van der Waals surface area contributed by atoms with Gasteiger partial charge in [-0.15, -0.1) is 0 Å². The maximum atomic E-state index is 13.8. The molecule has 156 valence electrons. The first-order valence-electron chi connectivity index (χ1n) is 9.16. The van der Waals surface area contributed by atoms with Crippen LogP contribution in [0.5, 0.6) is 5.75 Å². The van der Waals surface area contributed by atoms with Crippen LogP contribution in [-0.2, 0) is 10.0 Å². The summed E-state index contributed by atoms with van der Waals surface area (Å²) in [6.07, 6.45) is 1.74. The van der Waals surface area contributed by atoms with Crippen LogP contribution in [0.3, 0.4) is 0 Å². The molecular formula is C20H22F2N2O4S. The number of hydrogen-bond donors (Lipinski definition) is 1. The van der Waals surface area contributed by atoms with Crippen LogP contribution in [0.15, 0.2) is 41.3 Å². The Kier molecular flexibility index (Phi) is 6.07. The van der Waals surface area contributed by atoms with Gasteiger partial charge in [0, 0.05) is 19.2 Å². The number of anilines is 1. The van der Waals surface area contributed by atoms with Crippen molar-refractivity contribution >= 4 is 21.6 Å². The van der Waals surface area contributed by atoms with Gasteiger partial charge in [-0.05, 0) is 49.1 Å². The van der Waals surface area contributed by atoms with Gasteiger partial charge < -0.3 is 9.64 Å². The number of benzene rings is 2. The predicted molar refractivity (Wildman–Crippen MR) is 104 cm³/mol. The molecule has 1 fully saturated rings. The molecule has 2 aromatic rings. The highest BCUT2D eigenvalue weighted by molar-refractivity contribution is 7.92. The SMILES string of the molecule is COc1ccc(S(=O)(=O)Nc2ccc(F)cc2F)cc1C(=O)N1CCC(C)CC1. The molecule has 0 radical (unpaired) electrons. The number of amides is 1. The van der Waals surface area contributed by atoms with Gasteiger partial charge in [0.05, 0.1) is 23.3 Å². The highest BCUT2D eigenvalue weighted by Crippen LogP contribution is 2.27. The molecule has 1 aliphatic rings. The molecule has 0 aliphatic carbocycles. The van der Waals surface area contributed by atoms with E-state index < -0.39 is 21.7 Å². The smallest absolute Gasteiger partial charge is 0.262 e. The summed E-state index contributed by atoms with van der Waals surface area (Å²) in [5.41, 5.74) is -0.274. The van der Waals surface area contributed by atoms with Gasteiger partial charge in [0.25, 0.3) is 15.9 Å². The van der Waals surface area contributed by atoms with Gasteiger partial charge >= 0.3 is 0 Å². The van der Waals surface area contributed by atoms with E-state index in [1.807, 2.05) is 0 Å². The summed E-state index contributed by atoms with van der Waals surface area (Å²) in [6.45, 7) is 3.29. The molecule has 0 unspecified atom stereocenters. The summed E-state index contributed by atoms with van der Waals surface area (Å²) in [6, 6.07) is 6.38. The van der Waals surface area contributed by atoms with E-state index in [1.165, 1.54) is 25.3 Å². The maximum absolute atomic E-state index is 13.8. The van der Waals surface area contributed by atoms with Crippen molar-refractivity contribution in [3.05, 3.63) is 53.6 Å². The van der Waals surface area contributed by atoms with E-state index in [-0.39, 0.29) is 27.8 Å². The number of sulfonamides is 1. The summed E-state index contributed by atoms with van der Waals surface area (Å²) in [5.74, 6) is -1.40. The molecule has 0 atom stereocenters. The van der Waals surface area contributed by atoms with E-state index in [0.29, 0.717) is 25.1 Å². The van der Waals surface area contributed by atoms with Crippen LogP contribution in [0.4, 0.5) is 14.5 Å². The quantitative estimate of drug-likeness (QED) is 0.795. The Labute approximate surface area is 168 Å². The largest absolute Gasteiger partial charge is 0.496 e. The van der Waals surface area contributed by atoms with Crippen molar-refractivity contribution in [2.24, 2.45) is 5.92 Å². The normalized spacial score (nSPS) is 15.2. The molecule has 1 saturated heterocycles. The summed E-state index contributed by atoms with van der Waals surface area (Å²) in [4.78, 5) is 14.4. The lowest BCUT2D eigenvalue weighted by Gasteiger charge is -2.30. The number of likely N-dealkylation sites (tertiary alicyclic amines) is 1. The van der Waals surface area contributed by atoms with Gasteiger partial charge in [0.1, 0.15) is 17.4 Å². The Hall–Kier alpha value is -2.68. The van der Waals surface area contributed by atoms with Gasteiger partial charge in [0.2, 0.25) is 0 Å². The zero-order chi connectivity index (χ0) is 21.2. The first-order valence-corrected chi connectivity index (χ1v) is 10.6. The fourth-order valence-electron chi connectivity index (χ4n) is 3.18. The lowest BCUT2D eigenvalue weighted by Crippen LogP contribution is -2.38. The zero-order valence-corrected chi connectivity index (χ0v) is 16.9. The van der Waals surface area contributed by atoms with Crippen LogP contribution in [-0.4, -0.2) is 39.4 Å². The average Bonchev–Trinajstić information content (AvgIpc) is 2.69. The number of carbonyl (C=O) groups excluding carboxylic acids is 1. The molecule has 1 heterocycles. The number of ether oxygens (including phenoxy) is 1. The molecule has 0 saturated carbocycles. The van der Waals surface area contributed by atoms with Crippen LogP contribution >= 0.6 is 0 Å². The fraction of sp³-hybridized carbons (Fsp3) is 0.350. The van der Waals surface area contributed by atoms with Crippen molar-refractivity contribution in [3.63, 3.8) is 0 Å². The number of rotatable bonds is 5. The molecule has 1 N–H and O–H groups in total. The zero-order valence-electron chi connectivity index (χ0n) is 16.1. The molecular weight excluding hydrogens is 402 g/mol. The summed E-state index contributed by atoms with van der Waals surface area (Å²) in [5, 5.41) is 0. The highest BCUT2D eigenvalue weighted by Gasteiger charge is 2.26. The van der Waals surface area contributed by atoms with Crippen molar-refractivity contribution < 1.29 is 26.7 Å². The summed E-state index contributed by atoms with van der Waals surface area (Å²) < 4.78 is 59.6. The number of halogens is 2. The Bertz CT molecular complexity index is 1020. The van der Waals surface area contributed by atoms with Crippen molar-refractivity contribution in [2.45, 2.75) is 24.7 Å². The third-order valence-electron chi connectivity index (χ3n) is 4.96. The minimum Gasteiger partial charge on any atom is -0.496 e. The number of carbonyl (C=O) groups is 1. The minimum absolute atomic E-state index is 0.115. The standard InChI is InChI=1S/C20H22F2N2O4S/c1-13-7-9-24(10-8-13)20(25)16-12-15(4-6-19(16)28-2)29(26,27)23-18-5-3-14(21)11-17(18)22/h3-6,11-13,23H,7-10H2,1-2H3. The second kappa shape index (κ2) is 8.36. The Morgan fingerprint density at radius 3 is 2.45 bits per heavy atom. The lowest BCUT2D eigenvalue weighted by atomic mass is 9.98. The van der Waals surface area contributed by atoms with Gasteiger partial charge in [-0.3, -0.25) is 9.52 Å². The van der Waals surface area contributed by atoms with E-state index in [2.05, 4.69) is 11.6 Å². The van der Waals surface area contributed by atoms with Gasteiger partial charge in [-0.25, -0.2) is 17.2 Å². The summed E-state index contributed by atoms with van der Waals surface area (Å²) >= 11 is 0. The number of nitrogens with one attached hydrogen (secondary N) is 1. The number of methoxy groups -OCH3 is 1. The molecule has 0 aromatic heterocycles. The van der Waals surface area contributed by atoms with E-state index in [4.69, 9.17) is 4.74 Å². The number of piperidine rings is 1. The maximum Gasteiger partial charge on any atom is 0.262 e. The third kappa shape index (κ3) is 4.67. The average molecular weight is 424 g/mol. The third-order valence-corrected chi connectivity index (χ3v) is 6.32. The van der Waals surface area contributed by atoms with Crippen molar-refractivity contribution in [2.75, 3.05) is 24.9 Å². The van der Waals surface area contributed by atoms with E-state index in [1.54, 1.807) is 4.90 Å². The molecule has 6 nitrogen and oxygen atoms in total. The van der Waals surface area contributed by atoms with E-state index >= 15 is 0 Å². The van der Waals surface area contributed by atoms with Gasteiger partial charge in [-0.2, -0.15) is 0 Å². The Balaban J connectivity index is 1.91. The molecule has 3 rings (SSSR count). The molecule has 29 heavy (non-hydrogen) atoms. The second-order valence-corrected chi connectivity index (χ2v) is 8.75. The van der Waals surface area contributed by atoms with Crippen LogP contribution in [0.2, 0.25) is 0 Å². The van der Waals surface area contributed by atoms with Gasteiger partial charge in [-0.1, -0.05) is 6.92 Å². The fourth-order valence-corrected chi connectivity index (χ4v) is 4.27. The molecule has 1 amide bonds. The summed E-state index contributed by atoms with van der Waals surface area (Å²) in [7, 11) is -2.81. The van der Waals surface area contributed by atoms with Crippen LogP contribution < -0.4 is 9.46 Å². The highest BCUT2D eigenvalue weighted by atomic mass is 32.2. The Morgan fingerprint density at radius 1 is 1.14 bits per heavy atom. The molecule has 0 spiro atoms. The first-order chi connectivity index (χ1) is 13.7. The van der Waals surface area contributed by atoms with Crippen molar-refractivity contribution in [3.8, 4) is 5.75 Å². The monoisotopic (exact) mass is 424 g/mol. The van der Waals surface area contributed by atoms with Crippen LogP contribution in [0.25, 0.3) is 0 Å². The van der Waals surface area contributed by atoms with Crippen molar-refractivity contribution in [1.29, 1.82) is 0 Å². The molecule has 2 aromatic carbocycles. The van der Waals surface area contributed by atoms with Crippen molar-refractivity contribution in [1.82, 2.24) is 4.90 Å². The van der Waals surface area contributed by atoms with Crippen LogP contribution in [0.1, 0.15) is 30.1 Å². The van der Waals surface area contributed by atoms with E-state index in [0.717, 1.165) is 25.0 Å². The number of hydrogen-bond acceptors (Lipinski definition) is 4. The first kappa shape index (κ1) is 21.0. The topological polar surface area (TPSA) is 75.7 Å². The van der Waals surface area contributed by atoms with Gasteiger partial charge in [0.15, 0.2) is 0 Å². The molecule has 9 heteroatoms.